The highest BCUT2D eigenvalue weighted by Crippen LogP contribution is 2.22. The summed E-state index contributed by atoms with van der Waals surface area (Å²) < 4.78 is 19.1. The second-order valence-corrected chi connectivity index (χ2v) is 7.60. The van der Waals surface area contributed by atoms with E-state index in [9.17, 15) is 9.18 Å². The smallest absolute Gasteiger partial charge is 0.321 e. The molecule has 160 valence electrons. The SMILES string of the molecule is Cc1nc(N2CCOCC2)cc(N2CCN(C(=O)Nc3ccc(C)c(F)c3)CC2)n1. The zero-order chi connectivity index (χ0) is 21.1. The van der Waals surface area contributed by atoms with E-state index in [1.165, 1.54) is 6.07 Å². The van der Waals surface area contributed by atoms with E-state index in [4.69, 9.17) is 4.74 Å². The molecule has 0 radical (unpaired) electrons. The average molecular weight is 414 g/mol. The van der Waals surface area contributed by atoms with Gasteiger partial charge in [-0.2, -0.15) is 0 Å². The van der Waals surface area contributed by atoms with Crippen LogP contribution in [-0.4, -0.2) is 73.4 Å². The first-order chi connectivity index (χ1) is 14.5. The summed E-state index contributed by atoms with van der Waals surface area (Å²) in [6.45, 7) is 9.13. The molecule has 1 N–H and O–H groups in total. The average Bonchev–Trinajstić information content (AvgIpc) is 2.76. The van der Waals surface area contributed by atoms with Crippen molar-refractivity contribution < 1.29 is 13.9 Å². The van der Waals surface area contributed by atoms with Gasteiger partial charge in [0.2, 0.25) is 0 Å². The summed E-state index contributed by atoms with van der Waals surface area (Å²) in [4.78, 5) is 27.9. The van der Waals surface area contributed by atoms with Crippen molar-refractivity contribution in [1.82, 2.24) is 14.9 Å². The van der Waals surface area contributed by atoms with Crippen molar-refractivity contribution >= 4 is 23.4 Å². The van der Waals surface area contributed by atoms with Crippen molar-refractivity contribution in [3.63, 3.8) is 0 Å². The lowest BCUT2D eigenvalue weighted by Gasteiger charge is -2.36. The second kappa shape index (κ2) is 8.83. The van der Waals surface area contributed by atoms with E-state index >= 15 is 0 Å². The minimum atomic E-state index is -0.326. The summed E-state index contributed by atoms with van der Waals surface area (Å²) in [6, 6.07) is 6.52. The lowest BCUT2D eigenvalue weighted by Crippen LogP contribution is -2.50. The largest absolute Gasteiger partial charge is 0.378 e. The number of benzene rings is 1. The summed E-state index contributed by atoms with van der Waals surface area (Å²) in [5.74, 6) is 2.20. The van der Waals surface area contributed by atoms with Gasteiger partial charge in [-0.25, -0.2) is 19.2 Å². The van der Waals surface area contributed by atoms with E-state index in [-0.39, 0.29) is 11.8 Å². The molecule has 1 aromatic carbocycles. The Morgan fingerprint density at radius 2 is 1.60 bits per heavy atom. The number of morpholine rings is 1. The number of nitrogens with zero attached hydrogens (tertiary/aromatic N) is 5. The number of piperazine rings is 1. The third kappa shape index (κ3) is 4.62. The number of anilines is 3. The number of halogens is 1. The number of nitrogens with one attached hydrogen (secondary N) is 1. The van der Waals surface area contributed by atoms with Crippen LogP contribution in [0.5, 0.6) is 0 Å². The number of amides is 2. The number of hydrogen-bond acceptors (Lipinski definition) is 6. The highest BCUT2D eigenvalue weighted by atomic mass is 19.1. The van der Waals surface area contributed by atoms with Crippen LogP contribution >= 0.6 is 0 Å². The molecular weight excluding hydrogens is 387 g/mol. The number of carbonyl (C=O) groups is 1. The van der Waals surface area contributed by atoms with Crippen LogP contribution in [0.4, 0.5) is 26.5 Å². The number of rotatable bonds is 3. The van der Waals surface area contributed by atoms with Gasteiger partial charge < -0.3 is 24.8 Å². The van der Waals surface area contributed by atoms with Gasteiger partial charge in [-0.3, -0.25) is 0 Å². The normalized spacial score (nSPS) is 17.2. The molecule has 0 atom stereocenters. The van der Waals surface area contributed by atoms with E-state index in [2.05, 4.69) is 25.1 Å². The topological polar surface area (TPSA) is 73.8 Å². The summed E-state index contributed by atoms with van der Waals surface area (Å²) in [5.41, 5.74) is 1.02. The number of carbonyl (C=O) groups excluding carboxylic acids is 1. The maximum absolute atomic E-state index is 13.7. The minimum Gasteiger partial charge on any atom is -0.378 e. The van der Waals surface area contributed by atoms with E-state index in [1.807, 2.05) is 13.0 Å². The standard InChI is InChI=1S/C21H27FN6O2/c1-15-3-4-17(13-18(15)22)25-21(29)28-7-5-26(6-8-28)19-14-20(24-16(2)23-19)27-9-11-30-12-10-27/h3-4,13-14H,5-12H2,1-2H3,(H,25,29). The van der Waals surface area contributed by atoms with Crippen molar-refractivity contribution in [2.24, 2.45) is 0 Å². The number of aryl methyl sites for hydroxylation is 2. The Balaban J connectivity index is 1.37. The highest BCUT2D eigenvalue weighted by molar-refractivity contribution is 5.89. The van der Waals surface area contributed by atoms with Crippen LogP contribution in [0, 0.1) is 19.7 Å². The molecule has 0 spiro atoms. The Hall–Kier alpha value is -2.94. The summed E-state index contributed by atoms with van der Waals surface area (Å²) in [7, 11) is 0. The maximum Gasteiger partial charge on any atom is 0.321 e. The monoisotopic (exact) mass is 414 g/mol. The lowest BCUT2D eigenvalue weighted by atomic mass is 10.2. The Morgan fingerprint density at radius 1 is 0.967 bits per heavy atom. The number of ether oxygens (including phenoxy) is 1. The quantitative estimate of drug-likeness (QED) is 0.832. The van der Waals surface area contributed by atoms with Crippen LogP contribution in [-0.2, 0) is 4.74 Å². The van der Waals surface area contributed by atoms with Gasteiger partial charge in [-0.05, 0) is 31.5 Å². The van der Waals surface area contributed by atoms with E-state index in [0.717, 1.165) is 30.5 Å². The first-order valence-corrected chi connectivity index (χ1v) is 10.2. The Kier molecular flexibility index (Phi) is 5.98. The molecule has 0 unspecified atom stereocenters. The fraction of sp³-hybridized carbons (Fsp3) is 0.476. The Bertz CT molecular complexity index is 910. The van der Waals surface area contributed by atoms with Crippen molar-refractivity contribution in [2.75, 3.05) is 67.6 Å². The fourth-order valence-electron chi connectivity index (χ4n) is 3.66. The van der Waals surface area contributed by atoms with Crippen LogP contribution in [0.15, 0.2) is 24.3 Å². The highest BCUT2D eigenvalue weighted by Gasteiger charge is 2.23. The van der Waals surface area contributed by atoms with Crippen molar-refractivity contribution in [1.29, 1.82) is 0 Å². The van der Waals surface area contributed by atoms with Gasteiger partial charge in [-0.1, -0.05) is 6.07 Å². The van der Waals surface area contributed by atoms with Gasteiger partial charge in [0, 0.05) is 51.0 Å². The molecule has 3 heterocycles. The molecule has 8 nitrogen and oxygen atoms in total. The third-order valence-electron chi connectivity index (χ3n) is 5.46. The number of hydrogen-bond donors (Lipinski definition) is 1. The van der Waals surface area contributed by atoms with Crippen LogP contribution in [0.25, 0.3) is 0 Å². The van der Waals surface area contributed by atoms with Crippen LogP contribution in [0.1, 0.15) is 11.4 Å². The molecule has 9 heteroatoms. The van der Waals surface area contributed by atoms with Crippen LogP contribution in [0.3, 0.4) is 0 Å². The van der Waals surface area contributed by atoms with Gasteiger partial charge in [0.05, 0.1) is 13.2 Å². The maximum atomic E-state index is 13.7. The predicted octanol–water partition coefficient (Wildman–Crippen LogP) is 2.42. The van der Waals surface area contributed by atoms with Crippen molar-refractivity contribution in [2.45, 2.75) is 13.8 Å². The zero-order valence-corrected chi connectivity index (χ0v) is 17.4. The van der Waals surface area contributed by atoms with E-state index in [0.29, 0.717) is 50.6 Å². The second-order valence-electron chi connectivity index (χ2n) is 7.60. The number of urea groups is 1. The zero-order valence-electron chi connectivity index (χ0n) is 17.4. The van der Waals surface area contributed by atoms with Gasteiger partial charge >= 0.3 is 6.03 Å². The van der Waals surface area contributed by atoms with Crippen molar-refractivity contribution in [3.8, 4) is 0 Å². The summed E-state index contributed by atoms with van der Waals surface area (Å²) in [5, 5.41) is 2.78. The van der Waals surface area contributed by atoms with Gasteiger partial charge in [0.1, 0.15) is 23.3 Å². The molecule has 2 aromatic rings. The fourth-order valence-corrected chi connectivity index (χ4v) is 3.66. The Morgan fingerprint density at radius 3 is 2.23 bits per heavy atom. The molecule has 2 fully saturated rings. The van der Waals surface area contributed by atoms with Gasteiger partial charge in [0.25, 0.3) is 0 Å². The van der Waals surface area contributed by atoms with Crippen LogP contribution < -0.4 is 15.1 Å². The molecular formula is C21H27FN6O2. The summed E-state index contributed by atoms with van der Waals surface area (Å²) >= 11 is 0. The molecule has 2 saturated heterocycles. The molecule has 2 amide bonds. The van der Waals surface area contributed by atoms with Crippen molar-refractivity contribution in [3.05, 3.63) is 41.5 Å². The summed E-state index contributed by atoms with van der Waals surface area (Å²) in [6.07, 6.45) is 0. The van der Waals surface area contributed by atoms with E-state index in [1.54, 1.807) is 24.0 Å². The number of aromatic nitrogens is 2. The molecule has 0 bridgehead atoms. The molecule has 2 aliphatic rings. The minimum absolute atomic E-state index is 0.217. The first-order valence-electron chi connectivity index (χ1n) is 10.2. The molecule has 2 aliphatic heterocycles. The molecule has 0 saturated carbocycles. The Labute approximate surface area is 175 Å². The van der Waals surface area contributed by atoms with Gasteiger partial charge in [0.15, 0.2) is 0 Å². The lowest BCUT2D eigenvalue weighted by molar-refractivity contribution is 0.122. The van der Waals surface area contributed by atoms with Gasteiger partial charge in [-0.15, -0.1) is 0 Å². The predicted molar refractivity (Wildman–Crippen MR) is 114 cm³/mol. The van der Waals surface area contributed by atoms with E-state index < -0.39 is 0 Å². The third-order valence-corrected chi connectivity index (χ3v) is 5.46. The first kappa shape index (κ1) is 20.3. The molecule has 30 heavy (non-hydrogen) atoms. The molecule has 1 aromatic heterocycles. The molecule has 0 aliphatic carbocycles. The van der Waals surface area contributed by atoms with Crippen LogP contribution in [0.2, 0.25) is 0 Å². The molecule has 4 rings (SSSR count).